The first-order valence-electron chi connectivity index (χ1n) is 7.60. The van der Waals surface area contributed by atoms with Crippen LogP contribution in [0.25, 0.3) is 0 Å². The van der Waals surface area contributed by atoms with Crippen LogP contribution >= 0.6 is 23.2 Å². The van der Waals surface area contributed by atoms with Crippen molar-refractivity contribution in [2.75, 3.05) is 18.5 Å². The molecule has 0 saturated heterocycles. The van der Waals surface area contributed by atoms with E-state index in [0.717, 1.165) is 6.42 Å². The number of carbonyl (C=O) groups is 2. The van der Waals surface area contributed by atoms with Crippen LogP contribution in [0.1, 0.15) is 12.5 Å². The smallest absolute Gasteiger partial charge is 0.344 e. The summed E-state index contributed by atoms with van der Waals surface area (Å²) in [5.74, 6) is -0.558. The molecular weight excluding hydrogens is 365 g/mol. The van der Waals surface area contributed by atoms with Gasteiger partial charge < -0.3 is 14.8 Å². The third-order valence-electron chi connectivity index (χ3n) is 3.26. The Morgan fingerprint density at radius 2 is 1.72 bits per heavy atom. The molecular formula is C18H17Cl2NO4. The molecule has 25 heavy (non-hydrogen) atoms. The fraction of sp³-hybridized carbons (Fsp3) is 0.222. The quantitative estimate of drug-likeness (QED) is 0.732. The number of anilines is 1. The lowest BCUT2D eigenvalue weighted by molar-refractivity contribution is -0.149. The highest BCUT2D eigenvalue weighted by molar-refractivity contribution is 6.42. The first-order chi connectivity index (χ1) is 12.0. The molecule has 2 aromatic carbocycles. The minimum atomic E-state index is -0.635. The Kier molecular flexibility index (Phi) is 7.10. The molecule has 5 nitrogen and oxygen atoms in total. The number of rotatable bonds is 7. The number of amides is 1. The number of esters is 1. The molecule has 0 atom stereocenters. The molecule has 2 rings (SSSR count). The van der Waals surface area contributed by atoms with Crippen LogP contribution < -0.4 is 10.1 Å². The molecule has 1 amide bonds. The first-order valence-corrected chi connectivity index (χ1v) is 8.35. The van der Waals surface area contributed by atoms with Gasteiger partial charge in [0.1, 0.15) is 5.75 Å². The van der Waals surface area contributed by atoms with Crippen LogP contribution in [0.15, 0.2) is 42.5 Å². The molecule has 0 saturated carbocycles. The maximum absolute atomic E-state index is 11.8. The molecule has 0 aromatic heterocycles. The van der Waals surface area contributed by atoms with Crippen molar-refractivity contribution in [3.8, 4) is 5.75 Å². The van der Waals surface area contributed by atoms with Crippen LogP contribution in [-0.2, 0) is 20.7 Å². The minimum absolute atomic E-state index is 0.272. The molecule has 0 aliphatic rings. The third kappa shape index (κ3) is 6.29. The van der Waals surface area contributed by atoms with E-state index in [0.29, 0.717) is 21.5 Å². The third-order valence-corrected chi connectivity index (χ3v) is 3.99. The molecule has 7 heteroatoms. The van der Waals surface area contributed by atoms with Crippen molar-refractivity contribution in [1.82, 2.24) is 0 Å². The number of nitrogens with one attached hydrogen (secondary N) is 1. The lowest BCUT2D eigenvalue weighted by Gasteiger charge is -2.09. The summed E-state index contributed by atoms with van der Waals surface area (Å²) >= 11 is 11.7. The predicted octanol–water partition coefficient (Wildman–Crippen LogP) is 4.12. The highest BCUT2D eigenvalue weighted by Gasteiger charge is 2.09. The van der Waals surface area contributed by atoms with Gasteiger partial charge in [0.2, 0.25) is 0 Å². The summed E-state index contributed by atoms with van der Waals surface area (Å²) in [4.78, 5) is 23.4. The number of hydrogen-bond donors (Lipinski definition) is 1. The van der Waals surface area contributed by atoms with E-state index >= 15 is 0 Å². The summed E-state index contributed by atoms with van der Waals surface area (Å²) in [5, 5.41) is 3.25. The van der Waals surface area contributed by atoms with E-state index in [2.05, 4.69) is 12.2 Å². The molecule has 0 fully saturated rings. The van der Waals surface area contributed by atoms with Crippen LogP contribution in [0.2, 0.25) is 10.0 Å². The molecule has 0 heterocycles. The van der Waals surface area contributed by atoms with Gasteiger partial charge in [0.15, 0.2) is 13.2 Å². The molecule has 0 aliphatic carbocycles. The SMILES string of the molecule is CCc1ccc(OCC(=O)OCC(=O)Nc2ccc(Cl)c(Cl)c2)cc1. The van der Waals surface area contributed by atoms with Crippen molar-refractivity contribution in [2.24, 2.45) is 0 Å². The van der Waals surface area contributed by atoms with Crippen molar-refractivity contribution in [1.29, 1.82) is 0 Å². The fourth-order valence-corrected chi connectivity index (χ4v) is 2.22. The largest absolute Gasteiger partial charge is 0.482 e. The average Bonchev–Trinajstić information content (AvgIpc) is 2.61. The van der Waals surface area contributed by atoms with E-state index in [-0.39, 0.29) is 6.61 Å². The summed E-state index contributed by atoms with van der Waals surface area (Å²) in [6, 6.07) is 12.1. The number of carbonyl (C=O) groups excluding carboxylic acids is 2. The van der Waals surface area contributed by atoms with E-state index in [1.54, 1.807) is 24.3 Å². The van der Waals surface area contributed by atoms with Crippen LogP contribution in [0.4, 0.5) is 5.69 Å². The van der Waals surface area contributed by atoms with E-state index in [9.17, 15) is 9.59 Å². The highest BCUT2D eigenvalue weighted by Crippen LogP contribution is 2.24. The van der Waals surface area contributed by atoms with Gasteiger partial charge in [-0.15, -0.1) is 0 Å². The Morgan fingerprint density at radius 3 is 2.36 bits per heavy atom. The molecule has 1 N–H and O–H groups in total. The van der Waals surface area contributed by atoms with Gasteiger partial charge in [-0.2, -0.15) is 0 Å². The van der Waals surface area contributed by atoms with Gasteiger partial charge >= 0.3 is 5.97 Å². The van der Waals surface area contributed by atoms with Gasteiger partial charge in [-0.1, -0.05) is 42.3 Å². The van der Waals surface area contributed by atoms with Crippen molar-refractivity contribution in [3.63, 3.8) is 0 Å². The molecule has 0 aliphatic heterocycles. The van der Waals surface area contributed by atoms with Crippen molar-refractivity contribution >= 4 is 40.8 Å². The maximum Gasteiger partial charge on any atom is 0.344 e. The summed E-state index contributed by atoms with van der Waals surface area (Å²) < 4.78 is 10.2. The number of ether oxygens (including phenoxy) is 2. The topological polar surface area (TPSA) is 64.6 Å². The van der Waals surface area contributed by atoms with Crippen molar-refractivity contribution < 1.29 is 19.1 Å². The second kappa shape index (κ2) is 9.30. The molecule has 0 unspecified atom stereocenters. The van der Waals surface area contributed by atoms with E-state index in [1.165, 1.54) is 11.6 Å². The Bertz CT molecular complexity index is 747. The van der Waals surface area contributed by atoms with Crippen LogP contribution in [-0.4, -0.2) is 25.1 Å². The Morgan fingerprint density at radius 1 is 1.00 bits per heavy atom. The lowest BCUT2D eigenvalue weighted by Crippen LogP contribution is -2.23. The number of aryl methyl sites for hydroxylation is 1. The van der Waals surface area contributed by atoms with Crippen LogP contribution in [0.3, 0.4) is 0 Å². The van der Waals surface area contributed by atoms with Gasteiger partial charge in [0.25, 0.3) is 5.91 Å². The Hall–Kier alpha value is -2.24. The summed E-state index contributed by atoms with van der Waals surface area (Å²) in [5.41, 5.74) is 1.64. The minimum Gasteiger partial charge on any atom is -0.482 e. The molecule has 0 radical (unpaired) electrons. The zero-order valence-electron chi connectivity index (χ0n) is 13.6. The normalized spacial score (nSPS) is 10.2. The maximum atomic E-state index is 11.8. The molecule has 2 aromatic rings. The zero-order valence-corrected chi connectivity index (χ0v) is 15.1. The summed E-state index contributed by atoms with van der Waals surface area (Å²) in [7, 11) is 0. The molecule has 0 bridgehead atoms. The second-order valence-electron chi connectivity index (χ2n) is 5.12. The van der Waals surface area contributed by atoms with Crippen LogP contribution in [0, 0.1) is 0 Å². The number of benzene rings is 2. The average molecular weight is 382 g/mol. The number of halogens is 2. The first kappa shape index (κ1) is 19.1. The monoisotopic (exact) mass is 381 g/mol. The van der Waals surface area contributed by atoms with E-state index in [4.69, 9.17) is 32.7 Å². The van der Waals surface area contributed by atoms with Crippen molar-refractivity contribution in [2.45, 2.75) is 13.3 Å². The standard InChI is InChI=1S/C18H17Cl2NO4/c1-2-12-3-6-14(7-4-12)24-11-18(23)25-10-17(22)21-13-5-8-15(19)16(20)9-13/h3-9H,2,10-11H2,1H3,(H,21,22). The van der Waals surface area contributed by atoms with E-state index in [1.807, 2.05) is 12.1 Å². The van der Waals surface area contributed by atoms with Gasteiger partial charge in [-0.3, -0.25) is 4.79 Å². The predicted molar refractivity (Wildman–Crippen MR) is 97.4 cm³/mol. The van der Waals surface area contributed by atoms with E-state index < -0.39 is 18.5 Å². The molecule has 132 valence electrons. The number of hydrogen-bond acceptors (Lipinski definition) is 4. The Labute approximate surface area is 155 Å². The molecule has 0 spiro atoms. The zero-order chi connectivity index (χ0) is 18.2. The fourth-order valence-electron chi connectivity index (χ4n) is 1.92. The summed E-state index contributed by atoms with van der Waals surface area (Å²) in [6.07, 6.45) is 0.927. The van der Waals surface area contributed by atoms with Crippen molar-refractivity contribution in [3.05, 3.63) is 58.1 Å². The van der Waals surface area contributed by atoms with Gasteiger partial charge in [0, 0.05) is 5.69 Å². The van der Waals surface area contributed by atoms with Gasteiger partial charge in [-0.05, 0) is 42.3 Å². The van der Waals surface area contributed by atoms with Gasteiger partial charge in [0.05, 0.1) is 10.0 Å². The van der Waals surface area contributed by atoms with Gasteiger partial charge in [-0.25, -0.2) is 4.79 Å². The highest BCUT2D eigenvalue weighted by atomic mass is 35.5. The second-order valence-corrected chi connectivity index (χ2v) is 5.94. The van der Waals surface area contributed by atoms with Crippen LogP contribution in [0.5, 0.6) is 5.75 Å². The lowest BCUT2D eigenvalue weighted by atomic mass is 10.2. The summed E-state index contributed by atoms with van der Waals surface area (Å²) in [6.45, 7) is 1.36. The Balaban J connectivity index is 1.73.